The van der Waals surface area contributed by atoms with E-state index in [9.17, 15) is 4.79 Å². The number of nitrogens with zero attached hydrogens (tertiary/aromatic N) is 3. The number of para-hydroxylation sites is 2. The average Bonchev–Trinajstić information content (AvgIpc) is 3.37. The number of imidazole rings is 1. The van der Waals surface area contributed by atoms with Gasteiger partial charge in [0.05, 0.1) is 17.6 Å². The van der Waals surface area contributed by atoms with Gasteiger partial charge < -0.3 is 14.8 Å². The van der Waals surface area contributed by atoms with Crippen LogP contribution in [-0.2, 0) is 17.7 Å². The Morgan fingerprint density at radius 1 is 1.10 bits per heavy atom. The molecule has 4 rings (SSSR count). The molecule has 8 heteroatoms. The number of H-pyrrole nitrogens is 1. The van der Waals surface area contributed by atoms with E-state index >= 15 is 0 Å². The predicted octanol–water partition coefficient (Wildman–Crippen LogP) is 4.47. The molecule has 7 nitrogen and oxygen atoms in total. The first-order chi connectivity index (χ1) is 14.4. The van der Waals surface area contributed by atoms with Crippen LogP contribution >= 0.6 is 11.8 Å². The van der Waals surface area contributed by atoms with Gasteiger partial charge >= 0.3 is 0 Å². The second-order valence-corrected chi connectivity index (χ2v) is 8.96. The highest BCUT2D eigenvalue weighted by Crippen LogP contribution is 2.23. The van der Waals surface area contributed by atoms with Crippen LogP contribution in [0.25, 0.3) is 11.0 Å². The van der Waals surface area contributed by atoms with E-state index in [2.05, 4.69) is 25.4 Å². The second-order valence-electron chi connectivity index (χ2n) is 7.99. The van der Waals surface area contributed by atoms with E-state index in [0.717, 1.165) is 27.5 Å². The highest BCUT2D eigenvalue weighted by Gasteiger charge is 2.21. The van der Waals surface area contributed by atoms with Crippen LogP contribution in [0.1, 0.15) is 48.4 Å². The maximum absolute atomic E-state index is 12.4. The maximum Gasteiger partial charge on any atom is 0.251 e. The fourth-order valence-corrected chi connectivity index (χ4v) is 3.63. The van der Waals surface area contributed by atoms with Gasteiger partial charge in [0.15, 0.2) is 11.0 Å². The van der Waals surface area contributed by atoms with Gasteiger partial charge in [0.2, 0.25) is 5.89 Å². The number of benzene rings is 2. The fraction of sp³-hybridized carbons (Fsp3) is 0.273. The smallest absolute Gasteiger partial charge is 0.251 e. The lowest BCUT2D eigenvalue weighted by atomic mass is 9.97. The largest absolute Gasteiger partial charge is 0.345 e. The van der Waals surface area contributed by atoms with Gasteiger partial charge in [-0.05, 0) is 29.8 Å². The number of nitrogens with one attached hydrogen (secondary N) is 2. The number of aromatic nitrogens is 4. The molecule has 30 heavy (non-hydrogen) atoms. The number of thioether (sulfide) groups is 1. The van der Waals surface area contributed by atoms with Crippen molar-refractivity contribution in [2.45, 2.75) is 43.6 Å². The molecule has 0 atom stereocenters. The van der Waals surface area contributed by atoms with E-state index in [1.165, 1.54) is 0 Å². The van der Waals surface area contributed by atoms with Gasteiger partial charge in [-0.3, -0.25) is 4.79 Å². The highest BCUT2D eigenvalue weighted by molar-refractivity contribution is 7.98. The number of fused-ring (bicyclic) bond motifs is 1. The topological polar surface area (TPSA) is 96.7 Å². The number of hydrogen-bond acceptors (Lipinski definition) is 6. The number of carbonyl (C=O) groups excluding carboxylic acids is 1. The molecule has 0 saturated heterocycles. The molecule has 0 aliphatic heterocycles. The SMILES string of the molecule is CC(C)(C)c1nc(CNC(=O)c2ccc(CSc3nc4ccccc4[nH]3)cc2)no1. The summed E-state index contributed by atoms with van der Waals surface area (Å²) in [4.78, 5) is 24.6. The van der Waals surface area contributed by atoms with E-state index in [4.69, 9.17) is 4.52 Å². The first-order valence-electron chi connectivity index (χ1n) is 9.66. The molecule has 0 spiro atoms. The molecule has 2 N–H and O–H groups in total. The fourth-order valence-electron chi connectivity index (χ4n) is 2.79. The van der Waals surface area contributed by atoms with Gasteiger partial charge in [-0.2, -0.15) is 4.98 Å². The van der Waals surface area contributed by atoms with E-state index in [1.807, 2.05) is 69.3 Å². The molecular weight excluding hydrogens is 398 g/mol. The molecule has 2 heterocycles. The van der Waals surface area contributed by atoms with E-state index in [-0.39, 0.29) is 17.9 Å². The number of rotatable bonds is 6. The molecule has 0 aliphatic carbocycles. The van der Waals surface area contributed by atoms with E-state index in [1.54, 1.807) is 11.8 Å². The van der Waals surface area contributed by atoms with Gasteiger partial charge in [-0.15, -0.1) is 0 Å². The summed E-state index contributed by atoms with van der Waals surface area (Å²) in [5.74, 6) is 1.61. The van der Waals surface area contributed by atoms with Crippen molar-refractivity contribution in [3.05, 3.63) is 71.4 Å². The normalized spacial score (nSPS) is 11.7. The number of hydrogen-bond donors (Lipinski definition) is 2. The lowest BCUT2D eigenvalue weighted by Crippen LogP contribution is -2.23. The number of aromatic amines is 1. The summed E-state index contributed by atoms with van der Waals surface area (Å²) < 4.78 is 5.24. The summed E-state index contributed by atoms with van der Waals surface area (Å²) in [5.41, 5.74) is 3.48. The number of carbonyl (C=O) groups is 1. The summed E-state index contributed by atoms with van der Waals surface area (Å²) in [6.45, 7) is 6.22. The Labute approximate surface area is 178 Å². The minimum Gasteiger partial charge on any atom is -0.345 e. The summed E-state index contributed by atoms with van der Waals surface area (Å²) in [6.07, 6.45) is 0. The Kier molecular flexibility index (Phi) is 5.59. The molecule has 0 radical (unpaired) electrons. The summed E-state index contributed by atoms with van der Waals surface area (Å²) in [6, 6.07) is 15.5. The van der Waals surface area contributed by atoms with Crippen LogP contribution in [0.3, 0.4) is 0 Å². The maximum atomic E-state index is 12.4. The Hall–Kier alpha value is -3.13. The Morgan fingerprint density at radius 3 is 2.57 bits per heavy atom. The molecule has 4 aromatic rings. The number of amides is 1. The molecule has 2 aromatic heterocycles. The van der Waals surface area contributed by atoms with Crippen LogP contribution < -0.4 is 5.32 Å². The Bertz CT molecular complexity index is 1130. The third kappa shape index (κ3) is 4.71. The van der Waals surface area contributed by atoms with Gasteiger partial charge in [0.1, 0.15) is 0 Å². The third-order valence-corrected chi connectivity index (χ3v) is 5.42. The molecule has 0 unspecified atom stereocenters. The highest BCUT2D eigenvalue weighted by atomic mass is 32.2. The molecule has 0 aliphatic rings. The Morgan fingerprint density at radius 2 is 1.87 bits per heavy atom. The van der Waals surface area contributed by atoms with Crippen molar-refractivity contribution in [3.8, 4) is 0 Å². The van der Waals surface area contributed by atoms with E-state index in [0.29, 0.717) is 17.3 Å². The standard InChI is InChI=1S/C22H23N5O2S/c1-22(2,3)20-26-18(27-29-20)12-23-19(28)15-10-8-14(9-11-15)13-30-21-24-16-6-4-5-7-17(16)25-21/h4-11H,12-13H2,1-3H3,(H,23,28)(H,24,25). The summed E-state index contributed by atoms with van der Waals surface area (Å²) in [7, 11) is 0. The van der Waals surface area contributed by atoms with Crippen LogP contribution in [0.15, 0.2) is 58.2 Å². The third-order valence-electron chi connectivity index (χ3n) is 4.48. The van der Waals surface area contributed by atoms with Crippen molar-refractivity contribution in [1.29, 1.82) is 0 Å². The molecular formula is C22H23N5O2S. The molecule has 0 fully saturated rings. The van der Waals surface area contributed by atoms with Crippen molar-refractivity contribution >= 4 is 28.7 Å². The van der Waals surface area contributed by atoms with Crippen LogP contribution in [0.4, 0.5) is 0 Å². The van der Waals surface area contributed by atoms with Crippen LogP contribution in [0.5, 0.6) is 0 Å². The summed E-state index contributed by atoms with van der Waals surface area (Å²) >= 11 is 1.63. The zero-order valence-corrected chi connectivity index (χ0v) is 17.9. The quantitative estimate of drug-likeness (QED) is 0.446. The Balaban J connectivity index is 1.31. The molecule has 0 bridgehead atoms. The molecule has 0 saturated carbocycles. The molecule has 154 valence electrons. The van der Waals surface area contributed by atoms with Gasteiger partial charge in [0.25, 0.3) is 5.91 Å². The van der Waals surface area contributed by atoms with Crippen molar-refractivity contribution < 1.29 is 9.32 Å². The average molecular weight is 422 g/mol. The minimum absolute atomic E-state index is 0.173. The summed E-state index contributed by atoms with van der Waals surface area (Å²) in [5, 5.41) is 7.63. The van der Waals surface area contributed by atoms with Gasteiger partial charge in [-0.25, -0.2) is 4.98 Å². The van der Waals surface area contributed by atoms with Crippen molar-refractivity contribution in [3.63, 3.8) is 0 Å². The lowest BCUT2D eigenvalue weighted by molar-refractivity contribution is 0.0949. The molecule has 1 amide bonds. The van der Waals surface area contributed by atoms with Crippen molar-refractivity contribution in [1.82, 2.24) is 25.4 Å². The monoisotopic (exact) mass is 421 g/mol. The van der Waals surface area contributed by atoms with Crippen LogP contribution in [0, 0.1) is 0 Å². The van der Waals surface area contributed by atoms with Crippen LogP contribution in [-0.4, -0.2) is 26.0 Å². The minimum atomic E-state index is -0.217. The first-order valence-corrected chi connectivity index (χ1v) is 10.6. The van der Waals surface area contributed by atoms with Gasteiger partial charge in [0, 0.05) is 16.7 Å². The van der Waals surface area contributed by atoms with Crippen molar-refractivity contribution in [2.75, 3.05) is 0 Å². The predicted molar refractivity (Wildman–Crippen MR) is 116 cm³/mol. The van der Waals surface area contributed by atoms with Crippen molar-refractivity contribution in [2.24, 2.45) is 0 Å². The zero-order chi connectivity index (χ0) is 21.1. The van der Waals surface area contributed by atoms with Crippen LogP contribution in [0.2, 0.25) is 0 Å². The first kappa shape index (κ1) is 20.2. The van der Waals surface area contributed by atoms with Gasteiger partial charge in [-0.1, -0.05) is 62.0 Å². The molecule has 2 aromatic carbocycles. The second kappa shape index (κ2) is 8.31. The van der Waals surface area contributed by atoms with E-state index < -0.39 is 0 Å². The lowest BCUT2D eigenvalue weighted by Gasteiger charge is -2.10. The zero-order valence-electron chi connectivity index (χ0n) is 17.1.